The summed E-state index contributed by atoms with van der Waals surface area (Å²) in [5.41, 5.74) is -1.18. The van der Waals surface area contributed by atoms with Gasteiger partial charge in [0.15, 0.2) is 23.3 Å². The largest absolute Gasteiger partial charge is 0.383 e. The van der Waals surface area contributed by atoms with Crippen molar-refractivity contribution in [3.63, 3.8) is 0 Å². The van der Waals surface area contributed by atoms with Crippen molar-refractivity contribution in [3.8, 4) is 0 Å². The van der Waals surface area contributed by atoms with Crippen LogP contribution in [0.3, 0.4) is 0 Å². The number of benzene rings is 1. The van der Waals surface area contributed by atoms with Crippen LogP contribution >= 0.6 is 27.3 Å². The van der Waals surface area contributed by atoms with Crippen molar-refractivity contribution in [1.82, 2.24) is 0 Å². The van der Waals surface area contributed by atoms with Gasteiger partial charge < -0.3 is 5.11 Å². The Balaban J connectivity index is 2.67. The van der Waals surface area contributed by atoms with Gasteiger partial charge >= 0.3 is 0 Å². The summed E-state index contributed by atoms with van der Waals surface area (Å²) < 4.78 is 66.9. The van der Waals surface area contributed by atoms with Gasteiger partial charge in [-0.3, -0.25) is 0 Å². The third kappa shape index (κ3) is 2.36. The number of aliphatic hydroxyl groups is 1. The highest BCUT2D eigenvalue weighted by Gasteiger charge is 2.31. The molecule has 0 fully saturated rings. The molecule has 20 heavy (non-hydrogen) atoms. The number of thiophene rings is 1. The first-order valence-corrected chi connectivity index (χ1v) is 6.81. The average molecular weight is 373 g/mol. The molecule has 0 bridgehead atoms. The minimum Gasteiger partial charge on any atom is -0.383 e. The summed E-state index contributed by atoms with van der Waals surface area (Å²) in [4.78, 5) is 0.494. The number of rotatable bonds is 2. The summed E-state index contributed by atoms with van der Waals surface area (Å²) in [6, 6.07) is 1.36. The average Bonchev–Trinajstić information content (AvgIpc) is 2.73. The van der Waals surface area contributed by atoms with Crippen LogP contribution in [0.4, 0.5) is 22.0 Å². The second-order valence-electron chi connectivity index (χ2n) is 3.95. The molecular formula is C12H6BrF5OS. The standard InChI is InChI=1S/C12H6BrF5OS/c1-3-4(2-5(13)20-3)12(19)6-7(14)9(16)11(18)10(17)8(6)15/h2,12,19H,1H3. The number of halogens is 6. The fraction of sp³-hybridized carbons (Fsp3) is 0.167. The van der Waals surface area contributed by atoms with Crippen LogP contribution in [-0.4, -0.2) is 5.11 Å². The highest BCUT2D eigenvalue weighted by molar-refractivity contribution is 9.11. The molecule has 8 heteroatoms. The lowest BCUT2D eigenvalue weighted by atomic mass is 10.0. The van der Waals surface area contributed by atoms with Gasteiger partial charge in [0.2, 0.25) is 5.82 Å². The number of aryl methyl sites for hydroxylation is 1. The van der Waals surface area contributed by atoms with Gasteiger partial charge in [-0.05, 0) is 34.5 Å². The minimum atomic E-state index is -2.25. The predicted octanol–water partition coefficient (Wildman–Crippen LogP) is 4.60. The maximum absolute atomic E-state index is 13.6. The van der Waals surface area contributed by atoms with Crippen LogP contribution < -0.4 is 0 Å². The molecular weight excluding hydrogens is 367 g/mol. The van der Waals surface area contributed by atoms with Gasteiger partial charge in [0.25, 0.3) is 0 Å². The molecule has 0 aliphatic rings. The molecule has 0 aliphatic carbocycles. The van der Waals surface area contributed by atoms with Gasteiger partial charge in [0.1, 0.15) is 6.10 Å². The van der Waals surface area contributed by atoms with E-state index in [1.54, 1.807) is 6.92 Å². The third-order valence-corrected chi connectivity index (χ3v) is 4.31. The molecule has 2 rings (SSSR count). The van der Waals surface area contributed by atoms with Gasteiger partial charge in [-0.25, -0.2) is 22.0 Å². The monoisotopic (exact) mass is 372 g/mol. The van der Waals surface area contributed by atoms with Crippen LogP contribution in [0, 0.1) is 36.0 Å². The number of hydrogen-bond donors (Lipinski definition) is 1. The van der Waals surface area contributed by atoms with Crippen LogP contribution in [0.1, 0.15) is 22.1 Å². The summed E-state index contributed by atoms with van der Waals surface area (Å²) in [7, 11) is 0. The highest BCUT2D eigenvalue weighted by atomic mass is 79.9. The summed E-state index contributed by atoms with van der Waals surface area (Å²) >= 11 is 4.28. The van der Waals surface area contributed by atoms with E-state index in [-0.39, 0.29) is 5.56 Å². The van der Waals surface area contributed by atoms with Gasteiger partial charge in [0, 0.05) is 4.88 Å². The molecule has 1 unspecified atom stereocenters. The SMILES string of the molecule is Cc1sc(Br)cc1C(O)c1c(F)c(F)c(F)c(F)c1F. The Kier molecular flexibility index (Phi) is 4.17. The Bertz CT molecular complexity index is 656. The molecule has 1 aromatic carbocycles. The molecule has 0 spiro atoms. The Morgan fingerprint density at radius 1 is 1.00 bits per heavy atom. The lowest BCUT2D eigenvalue weighted by Crippen LogP contribution is -2.12. The zero-order chi connectivity index (χ0) is 15.2. The van der Waals surface area contributed by atoms with E-state index in [9.17, 15) is 27.1 Å². The summed E-state index contributed by atoms with van der Waals surface area (Å²) in [5, 5.41) is 9.94. The quantitative estimate of drug-likeness (QED) is 0.464. The van der Waals surface area contributed by atoms with Crippen molar-refractivity contribution >= 4 is 27.3 Å². The molecule has 1 atom stereocenters. The van der Waals surface area contributed by atoms with Crippen LogP contribution in [0.15, 0.2) is 9.85 Å². The third-order valence-electron chi connectivity index (χ3n) is 2.74. The Morgan fingerprint density at radius 2 is 1.45 bits per heavy atom. The lowest BCUT2D eigenvalue weighted by molar-refractivity contribution is 0.202. The molecule has 0 aliphatic heterocycles. The second kappa shape index (κ2) is 5.42. The minimum absolute atomic E-state index is 0.0742. The first-order chi connectivity index (χ1) is 9.25. The van der Waals surface area contributed by atoms with E-state index in [0.29, 0.717) is 8.66 Å². The number of aliphatic hydroxyl groups excluding tert-OH is 1. The molecule has 1 nitrogen and oxygen atoms in total. The van der Waals surface area contributed by atoms with Crippen molar-refractivity contribution in [2.24, 2.45) is 0 Å². The van der Waals surface area contributed by atoms with E-state index in [2.05, 4.69) is 15.9 Å². The van der Waals surface area contributed by atoms with Crippen molar-refractivity contribution in [2.75, 3.05) is 0 Å². The topological polar surface area (TPSA) is 20.2 Å². The van der Waals surface area contributed by atoms with Crippen molar-refractivity contribution in [3.05, 3.63) is 54.9 Å². The molecule has 1 heterocycles. The summed E-state index contributed by atoms with van der Waals surface area (Å²) in [6.45, 7) is 1.56. The van der Waals surface area contributed by atoms with Crippen LogP contribution in [0.5, 0.6) is 0 Å². The van der Waals surface area contributed by atoms with E-state index < -0.39 is 40.8 Å². The van der Waals surface area contributed by atoms with E-state index in [1.165, 1.54) is 17.4 Å². The van der Waals surface area contributed by atoms with Gasteiger partial charge in [0.05, 0.1) is 9.35 Å². The van der Waals surface area contributed by atoms with E-state index >= 15 is 0 Å². The predicted molar refractivity (Wildman–Crippen MR) is 67.0 cm³/mol. The summed E-state index contributed by atoms with van der Waals surface area (Å²) in [6.07, 6.45) is -1.94. The van der Waals surface area contributed by atoms with Crippen molar-refractivity contribution in [1.29, 1.82) is 0 Å². The van der Waals surface area contributed by atoms with E-state index in [4.69, 9.17) is 0 Å². The van der Waals surface area contributed by atoms with Crippen LogP contribution in [-0.2, 0) is 0 Å². The lowest BCUT2D eigenvalue weighted by Gasteiger charge is -2.14. The van der Waals surface area contributed by atoms with Crippen molar-refractivity contribution < 1.29 is 27.1 Å². The second-order valence-corrected chi connectivity index (χ2v) is 6.58. The van der Waals surface area contributed by atoms with Gasteiger partial charge in [-0.15, -0.1) is 11.3 Å². The molecule has 1 N–H and O–H groups in total. The molecule has 0 amide bonds. The zero-order valence-corrected chi connectivity index (χ0v) is 12.2. The van der Waals surface area contributed by atoms with Crippen LogP contribution in [0.25, 0.3) is 0 Å². The highest BCUT2D eigenvalue weighted by Crippen LogP contribution is 2.37. The first-order valence-electron chi connectivity index (χ1n) is 5.21. The Labute approximate surface area is 122 Å². The molecule has 0 saturated heterocycles. The summed E-state index contributed by atoms with van der Waals surface area (Å²) in [5.74, 6) is -10.5. The van der Waals surface area contributed by atoms with Gasteiger partial charge in [-0.2, -0.15) is 0 Å². The maximum Gasteiger partial charge on any atom is 0.200 e. The molecule has 108 valence electrons. The van der Waals surface area contributed by atoms with Gasteiger partial charge in [-0.1, -0.05) is 0 Å². The van der Waals surface area contributed by atoms with E-state index in [0.717, 1.165) is 0 Å². The molecule has 0 radical (unpaired) electrons. The van der Waals surface area contributed by atoms with Crippen molar-refractivity contribution in [2.45, 2.75) is 13.0 Å². The fourth-order valence-electron chi connectivity index (χ4n) is 1.75. The normalized spacial score (nSPS) is 12.8. The molecule has 0 saturated carbocycles. The molecule has 2 aromatic rings. The maximum atomic E-state index is 13.6. The zero-order valence-electron chi connectivity index (χ0n) is 9.78. The fourth-order valence-corrected chi connectivity index (χ4v) is 3.49. The Hall–Kier alpha value is -0.990. The Morgan fingerprint density at radius 3 is 1.85 bits per heavy atom. The first kappa shape index (κ1) is 15.4. The number of hydrogen-bond acceptors (Lipinski definition) is 2. The van der Waals surface area contributed by atoms with E-state index in [1.807, 2.05) is 0 Å². The smallest absolute Gasteiger partial charge is 0.200 e. The van der Waals surface area contributed by atoms with Crippen LogP contribution in [0.2, 0.25) is 0 Å². The molecule has 1 aromatic heterocycles.